The molecule has 2 N–H and O–H groups in total. The van der Waals surface area contributed by atoms with Crippen molar-refractivity contribution in [1.29, 1.82) is 0 Å². The Morgan fingerprint density at radius 1 is 1.38 bits per heavy atom. The molecule has 116 valence electrons. The first-order chi connectivity index (χ1) is 9.99. The summed E-state index contributed by atoms with van der Waals surface area (Å²) in [7, 11) is 2.95. The molecule has 1 unspecified atom stereocenters. The molecule has 1 aromatic rings. The molecule has 0 aliphatic carbocycles. The number of benzene rings is 1. The summed E-state index contributed by atoms with van der Waals surface area (Å²) >= 11 is 5.82. The van der Waals surface area contributed by atoms with Crippen LogP contribution in [0.15, 0.2) is 18.2 Å². The Morgan fingerprint density at radius 2 is 2.10 bits per heavy atom. The maximum Gasteiger partial charge on any atom is 0.326 e. The van der Waals surface area contributed by atoms with Gasteiger partial charge in [-0.05, 0) is 31.0 Å². The molecule has 1 rings (SSSR count). The van der Waals surface area contributed by atoms with E-state index in [1.807, 2.05) is 0 Å². The van der Waals surface area contributed by atoms with E-state index in [1.54, 1.807) is 6.07 Å². The number of hydrogen-bond donors (Lipinski definition) is 2. The SMILES string of the molecule is COCCCC(NC(=O)c1ccc(Cl)cc1OC)C(=O)O. The Hall–Kier alpha value is -1.79. The fourth-order valence-corrected chi connectivity index (χ4v) is 1.94. The van der Waals surface area contributed by atoms with Crippen molar-refractivity contribution in [3.8, 4) is 5.75 Å². The van der Waals surface area contributed by atoms with Gasteiger partial charge in [-0.1, -0.05) is 11.6 Å². The van der Waals surface area contributed by atoms with Gasteiger partial charge in [0.1, 0.15) is 11.8 Å². The number of amides is 1. The molecule has 0 aliphatic rings. The van der Waals surface area contributed by atoms with E-state index in [0.717, 1.165) is 0 Å². The summed E-state index contributed by atoms with van der Waals surface area (Å²) in [6.07, 6.45) is 0.816. The molecule has 0 radical (unpaired) electrons. The number of hydrogen-bond acceptors (Lipinski definition) is 4. The van der Waals surface area contributed by atoms with Crippen LogP contribution >= 0.6 is 11.6 Å². The van der Waals surface area contributed by atoms with E-state index in [2.05, 4.69) is 5.32 Å². The summed E-state index contributed by atoms with van der Waals surface area (Å²) in [5.74, 6) is -1.32. The topological polar surface area (TPSA) is 84.9 Å². The molecule has 0 aliphatic heterocycles. The van der Waals surface area contributed by atoms with Crippen molar-refractivity contribution in [2.24, 2.45) is 0 Å². The molecule has 0 saturated carbocycles. The molecule has 0 heterocycles. The Balaban J connectivity index is 2.79. The molecule has 7 heteroatoms. The summed E-state index contributed by atoms with van der Waals surface area (Å²) < 4.78 is 9.95. The summed E-state index contributed by atoms with van der Waals surface area (Å²) in [5, 5.41) is 12.0. The first-order valence-electron chi connectivity index (χ1n) is 6.35. The number of carbonyl (C=O) groups excluding carboxylic acids is 1. The smallest absolute Gasteiger partial charge is 0.326 e. The highest BCUT2D eigenvalue weighted by Gasteiger charge is 2.22. The van der Waals surface area contributed by atoms with Crippen molar-refractivity contribution in [3.05, 3.63) is 28.8 Å². The molecule has 6 nitrogen and oxygen atoms in total. The van der Waals surface area contributed by atoms with Crippen LogP contribution in [-0.4, -0.2) is 43.9 Å². The van der Waals surface area contributed by atoms with Gasteiger partial charge < -0.3 is 19.9 Å². The number of carboxylic acid groups (broad SMARTS) is 1. The Morgan fingerprint density at radius 3 is 2.67 bits per heavy atom. The minimum atomic E-state index is -1.09. The maximum atomic E-state index is 12.2. The minimum Gasteiger partial charge on any atom is -0.496 e. The largest absolute Gasteiger partial charge is 0.496 e. The average Bonchev–Trinajstić information content (AvgIpc) is 2.45. The normalized spacial score (nSPS) is 11.8. The van der Waals surface area contributed by atoms with Gasteiger partial charge in [0, 0.05) is 18.7 Å². The zero-order valence-electron chi connectivity index (χ0n) is 11.9. The number of rotatable bonds is 8. The second kappa shape index (κ2) is 8.49. The van der Waals surface area contributed by atoms with Crippen molar-refractivity contribution < 1.29 is 24.2 Å². The second-order valence-corrected chi connectivity index (χ2v) is 4.78. The third-order valence-corrected chi connectivity index (χ3v) is 3.09. The molecule has 0 spiro atoms. The standard InChI is InChI=1S/C14H18ClNO5/c1-20-7-3-4-11(14(18)19)16-13(17)10-6-5-9(15)8-12(10)21-2/h5-6,8,11H,3-4,7H2,1-2H3,(H,16,17)(H,18,19). The number of halogens is 1. The highest BCUT2D eigenvalue weighted by molar-refractivity contribution is 6.30. The van der Waals surface area contributed by atoms with E-state index < -0.39 is 17.9 Å². The van der Waals surface area contributed by atoms with Crippen LogP contribution in [-0.2, 0) is 9.53 Å². The minimum absolute atomic E-state index is 0.236. The molecular weight excluding hydrogens is 298 g/mol. The Labute approximate surface area is 128 Å². The van der Waals surface area contributed by atoms with E-state index in [9.17, 15) is 9.59 Å². The quantitative estimate of drug-likeness (QED) is 0.716. The highest BCUT2D eigenvalue weighted by atomic mass is 35.5. The van der Waals surface area contributed by atoms with Crippen molar-refractivity contribution in [1.82, 2.24) is 5.32 Å². The first-order valence-corrected chi connectivity index (χ1v) is 6.73. The predicted molar refractivity (Wildman–Crippen MR) is 78.0 cm³/mol. The molecule has 1 amide bonds. The average molecular weight is 316 g/mol. The number of aliphatic carboxylic acids is 1. The van der Waals surface area contributed by atoms with Gasteiger partial charge in [-0.3, -0.25) is 4.79 Å². The molecule has 1 aromatic carbocycles. The maximum absolute atomic E-state index is 12.2. The third-order valence-electron chi connectivity index (χ3n) is 2.85. The van der Waals surface area contributed by atoms with Crippen molar-refractivity contribution >= 4 is 23.5 Å². The third kappa shape index (κ3) is 5.24. The van der Waals surface area contributed by atoms with Crippen LogP contribution in [0.4, 0.5) is 0 Å². The molecule has 21 heavy (non-hydrogen) atoms. The molecular formula is C14H18ClNO5. The number of carbonyl (C=O) groups is 2. The second-order valence-electron chi connectivity index (χ2n) is 4.34. The van der Waals surface area contributed by atoms with Crippen LogP contribution in [0.1, 0.15) is 23.2 Å². The van der Waals surface area contributed by atoms with Crippen LogP contribution in [0.5, 0.6) is 5.75 Å². The monoisotopic (exact) mass is 315 g/mol. The Kier molecular flexibility index (Phi) is 6.98. The molecule has 0 saturated heterocycles. The molecule has 0 bridgehead atoms. The van der Waals surface area contributed by atoms with Crippen molar-refractivity contribution in [2.45, 2.75) is 18.9 Å². The fraction of sp³-hybridized carbons (Fsp3) is 0.429. The lowest BCUT2D eigenvalue weighted by atomic mass is 10.1. The number of ether oxygens (including phenoxy) is 2. The molecule has 1 atom stereocenters. The van der Waals surface area contributed by atoms with Crippen LogP contribution in [0.25, 0.3) is 0 Å². The van der Waals surface area contributed by atoms with Gasteiger partial charge in [0.25, 0.3) is 5.91 Å². The van der Waals surface area contributed by atoms with E-state index in [0.29, 0.717) is 23.8 Å². The summed E-state index contributed by atoms with van der Waals surface area (Å²) in [6, 6.07) is 3.55. The predicted octanol–water partition coefficient (Wildman–Crippen LogP) is 1.96. The summed E-state index contributed by atoms with van der Waals surface area (Å²) in [6.45, 7) is 0.434. The van der Waals surface area contributed by atoms with E-state index in [4.69, 9.17) is 26.2 Å². The number of methoxy groups -OCH3 is 2. The highest BCUT2D eigenvalue weighted by Crippen LogP contribution is 2.23. The van der Waals surface area contributed by atoms with Crippen LogP contribution in [0, 0.1) is 0 Å². The lowest BCUT2D eigenvalue weighted by Crippen LogP contribution is -2.41. The van der Waals surface area contributed by atoms with E-state index >= 15 is 0 Å². The zero-order chi connectivity index (χ0) is 15.8. The summed E-state index contributed by atoms with van der Waals surface area (Å²) in [4.78, 5) is 23.3. The van der Waals surface area contributed by atoms with E-state index in [1.165, 1.54) is 26.4 Å². The van der Waals surface area contributed by atoms with E-state index in [-0.39, 0.29) is 12.0 Å². The van der Waals surface area contributed by atoms with Gasteiger partial charge in [-0.25, -0.2) is 4.79 Å². The van der Waals surface area contributed by atoms with Crippen LogP contribution < -0.4 is 10.1 Å². The van der Waals surface area contributed by atoms with Crippen molar-refractivity contribution in [2.75, 3.05) is 20.8 Å². The van der Waals surface area contributed by atoms with Gasteiger partial charge in [0.15, 0.2) is 0 Å². The van der Waals surface area contributed by atoms with Gasteiger partial charge >= 0.3 is 5.97 Å². The number of carboxylic acids is 1. The molecule has 0 aromatic heterocycles. The fourth-order valence-electron chi connectivity index (χ4n) is 1.78. The van der Waals surface area contributed by atoms with Crippen LogP contribution in [0.3, 0.4) is 0 Å². The lowest BCUT2D eigenvalue weighted by Gasteiger charge is -2.15. The summed E-state index contributed by atoms with van der Waals surface area (Å²) in [5.41, 5.74) is 0.236. The van der Waals surface area contributed by atoms with Gasteiger partial charge in [-0.15, -0.1) is 0 Å². The van der Waals surface area contributed by atoms with Gasteiger partial charge in [0.2, 0.25) is 0 Å². The lowest BCUT2D eigenvalue weighted by molar-refractivity contribution is -0.139. The van der Waals surface area contributed by atoms with Crippen molar-refractivity contribution in [3.63, 3.8) is 0 Å². The number of nitrogens with one attached hydrogen (secondary N) is 1. The molecule has 0 fully saturated rings. The first kappa shape index (κ1) is 17.3. The zero-order valence-corrected chi connectivity index (χ0v) is 12.6. The van der Waals surface area contributed by atoms with Gasteiger partial charge in [-0.2, -0.15) is 0 Å². The Bertz CT molecular complexity index is 506. The van der Waals surface area contributed by atoms with Crippen LogP contribution in [0.2, 0.25) is 5.02 Å². The van der Waals surface area contributed by atoms with Gasteiger partial charge in [0.05, 0.1) is 12.7 Å².